The van der Waals surface area contributed by atoms with Crippen LogP contribution < -0.4 is 20.1 Å². The van der Waals surface area contributed by atoms with Crippen molar-refractivity contribution in [3.63, 3.8) is 0 Å². The van der Waals surface area contributed by atoms with E-state index in [1.807, 2.05) is 79.7 Å². The maximum Gasteiger partial charge on any atom is 0.242 e. The summed E-state index contributed by atoms with van der Waals surface area (Å²) >= 11 is 0. The van der Waals surface area contributed by atoms with Crippen molar-refractivity contribution < 1.29 is 14.3 Å². The summed E-state index contributed by atoms with van der Waals surface area (Å²) in [5, 5.41) is 6.39. The van der Waals surface area contributed by atoms with Gasteiger partial charge in [-0.2, -0.15) is 0 Å². The summed E-state index contributed by atoms with van der Waals surface area (Å²) in [6.07, 6.45) is 0. The minimum absolute atomic E-state index is 0.111. The van der Waals surface area contributed by atoms with Crippen molar-refractivity contribution in [3.8, 4) is 11.5 Å². The van der Waals surface area contributed by atoms with E-state index in [1.165, 1.54) is 0 Å². The highest BCUT2D eigenvalue weighted by molar-refractivity contribution is 5.85. The lowest BCUT2D eigenvalue weighted by Gasteiger charge is -2.23. The topological polar surface area (TPSA) is 59.6 Å². The van der Waals surface area contributed by atoms with Gasteiger partial charge in [-0.05, 0) is 30.2 Å². The number of carbonyl (C=O) groups excluding carboxylic acids is 1. The first-order valence-electron chi connectivity index (χ1n) is 9.51. The molecule has 2 N–H and O–H groups in total. The highest BCUT2D eigenvalue weighted by Gasteiger charge is 2.21. The van der Waals surface area contributed by atoms with Crippen LogP contribution in [0.5, 0.6) is 11.5 Å². The fraction of sp³-hybridized carbons (Fsp3) is 0.208. The van der Waals surface area contributed by atoms with Gasteiger partial charge in [0.1, 0.15) is 17.5 Å². The summed E-state index contributed by atoms with van der Waals surface area (Å²) in [5.74, 6) is 1.20. The zero-order chi connectivity index (χ0) is 20.6. The monoisotopic (exact) mass is 390 g/mol. The van der Waals surface area contributed by atoms with Crippen LogP contribution in [0.3, 0.4) is 0 Å². The Morgan fingerprint density at radius 3 is 1.93 bits per heavy atom. The van der Waals surface area contributed by atoms with Crippen LogP contribution in [0, 0.1) is 0 Å². The van der Waals surface area contributed by atoms with Crippen LogP contribution in [0.15, 0.2) is 78.9 Å². The molecule has 0 spiro atoms. The van der Waals surface area contributed by atoms with Crippen molar-refractivity contribution in [2.45, 2.75) is 19.0 Å². The third-order valence-electron chi connectivity index (χ3n) is 4.73. The second kappa shape index (κ2) is 9.64. The van der Waals surface area contributed by atoms with E-state index in [0.717, 1.165) is 16.8 Å². The van der Waals surface area contributed by atoms with Crippen LogP contribution in [0.1, 0.15) is 24.1 Å². The molecular weight excluding hydrogens is 364 g/mol. The Labute approximate surface area is 171 Å². The van der Waals surface area contributed by atoms with E-state index >= 15 is 0 Å². The maximum absolute atomic E-state index is 13.0. The second-order valence-corrected chi connectivity index (χ2v) is 6.70. The molecule has 0 heterocycles. The molecule has 0 aliphatic rings. The van der Waals surface area contributed by atoms with Gasteiger partial charge in [0.25, 0.3) is 0 Å². The molecule has 0 bridgehead atoms. The average molecular weight is 390 g/mol. The lowest BCUT2D eigenvalue weighted by atomic mass is 9.98. The molecule has 3 aromatic rings. The third-order valence-corrected chi connectivity index (χ3v) is 4.73. The number of amides is 1. The lowest BCUT2D eigenvalue weighted by molar-refractivity contribution is -0.122. The van der Waals surface area contributed by atoms with E-state index < -0.39 is 6.04 Å². The van der Waals surface area contributed by atoms with Crippen LogP contribution in [0.25, 0.3) is 0 Å². The lowest BCUT2D eigenvalue weighted by Crippen LogP contribution is -2.40. The molecule has 150 valence electrons. The number of benzene rings is 3. The highest BCUT2D eigenvalue weighted by atomic mass is 16.5. The van der Waals surface area contributed by atoms with Gasteiger partial charge in [0.05, 0.1) is 25.9 Å². The molecule has 0 aromatic heterocycles. The molecular formula is C24H26N2O3. The average Bonchev–Trinajstić information content (AvgIpc) is 2.78. The number of hydrogen-bond donors (Lipinski definition) is 2. The van der Waals surface area contributed by atoms with Crippen molar-refractivity contribution in [2.75, 3.05) is 19.5 Å². The van der Waals surface area contributed by atoms with E-state index in [4.69, 9.17) is 9.47 Å². The smallest absolute Gasteiger partial charge is 0.242 e. The van der Waals surface area contributed by atoms with Crippen molar-refractivity contribution in [2.24, 2.45) is 0 Å². The zero-order valence-electron chi connectivity index (χ0n) is 16.9. The Morgan fingerprint density at radius 1 is 0.828 bits per heavy atom. The van der Waals surface area contributed by atoms with Crippen LogP contribution in [0.4, 0.5) is 5.69 Å². The number of rotatable bonds is 8. The Kier molecular flexibility index (Phi) is 6.74. The summed E-state index contributed by atoms with van der Waals surface area (Å²) in [4.78, 5) is 13.0. The van der Waals surface area contributed by atoms with E-state index in [0.29, 0.717) is 11.5 Å². The minimum atomic E-state index is -0.466. The number of hydrogen-bond acceptors (Lipinski definition) is 4. The molecule has 1 unspecified atom stereocenters. The molecule has 0 aliphatic heterocycles. The molecule has 3 rings (SSSR count). The largest absolute Gasteiger partial charge is 0.497 e. The molecule has 0 radical (unpaired) electrons. The fourth-order valence-corrected chi connectivity index (χ4v) is 3.13. The summed E-state index contributed by atoms with van der Waals surface area (Å²) in [5.41, 5.74) is 2.79. The maximum atomic E-state index is 13.0. The Bertz CT molecular complexity index is 890. The van der Waals surface area contributed by atoms with Gasteiger partial charge in [-0.25, -0.2) is 0 Å². The van der Waals surface area contributed by atoms with E-state index in [1.54, 1.807) is 20.3 Å². The van der Waals surface area contributed by atoms with Crippen LogP contribution in [-0.4, -0.2) is 26.2 Å². The Hall–Kier alpha value is -3.47. The standard InChI is InChI=1S/C24H26N2O3/c1-17(25-21-15-14-20(28-2)16-22(21)29-3)24(27)26-23(18-10-6-4-7-11-18)19-12-8-5-9-13-19/h4-17,23,25H,1-3H3,(H,26,27). The summed E-state index contributed by atoms with van der Waals surface area (Å²) in [6.45, 7) is 1.83. The van der Waals surface area contributed by atoms with Gasteiger partial charge in [0.2, 0.25) is 5.91 Å². The molecule has 29 heavy (non-hydrogen) atoms. The van der Waals surface area contributed by atoms with Gasteiger partial charge in [-0.15, -0.1) is 0 Å². The SMILES string of the molecule is COc1ccc(NC(C)C(=O)NC(c2ccccc2)c2ccccc2)c(OC)c1. The number of nitrogens with one attached hydrogen (secondary N) is 2. The number of carbonyl (C=O) groups is 1. The molecule has 0 saturated carbocycles. The van der Waals surface area contributed by atoms with Gasteiger partial charge in [-0.1, -0.05) is 60.7 Å². The number of methoxy groups -OCH3 is 2. The van der Waals surface area contributed by atoms with Gasteiger partial charge >= 0.3 is 0 Å². The molecule has 0 saturated heterocycles. The van der Waals surface area contributed by atoms with Crippen LogP contribution in [-0.2, 0) is 4.79 Å². The molecule has 0 fully saturated rings. The van der Waals surface area contributed by atoms with E-state index in [2.05, 4.69) is 10.6 Å². The highest BCUT2D eigenvalue weighted by Crippen LogP contribution is 2.29. The summed E-state index contributed by atoms with van der Waals surface area (Å²) in [6, 6.07) is 24.6. The molecule has 5 nitrogen and oxygen atoms in total. The summed E-state index contributed by atoms with van der Waals surface area (Å²) in [7, 11) is 3.19. The normalized spacial score (nSPS) is 11.6. The van der Waals surface area contributed by atoms with E-state index in [9.17, 15) is 4.79 Å². The molecule has 3 aromatic carbocycles. The van der Waals surface area contributed by atoms with Gasteiger partial charge < -0.3 is 20.1 Å². The van der Waals surface area contributed by atoms with Gasteiger partial charge in [0, 0.05) is 6.07 Å². The predicted molar refractivity (Wildman–Crippen MR) is 116 cm³/mol. The number of anilines is 1. The first-order valence-corrected chi connectivity index (χ1v) is 9.51. The van der Waals surface area contributed by atoms with Crippen molar-refractivity contribution in [3.05, 3.63) is 90.0 Å². The summed E-state index contributed by atoms with van der Waals surface area (Å²) < 4.78 is 10.6. The van der Waals surface area contributed by atoms with E-state index in [-0.39, 0.29) is 11.9 Å². The predicted octanol–water partition coefficient (Wildman–Crippen LogP) is 4.41. The van der Waals surface area contributed by atoms with Crippen molar-refractivity contribution in [1.82, 2.24) is 5.32 Å². The van der Waals surface area contributed by atoms with Crippen molar-refractivity contribution >= 4 is 11.6 Å². The quantitative estimate of drug-likeness (QED) is 0.598. The fourth-order valence-electron chi connectivity index (χ4n) is 3.13. The molecule has 1 atom stereocenters. The van der Waals surface area contributed by atoms with Crippen molar-refractivity contribution in [1.29, 1.82) is 0 Å². The third kappa shape index (κ3) is 5.08. The van der Waals surface area contributed by atoms with Gasteiger partial charge in [-0.3, -0.25) is 4.79 Å². The second-order valence-electron chi connectivity index (χ2n) is 6.70. The first kappa shape index (κ1) is 20.3. The van der Waals surface area contributed by atoms with Gasteiger partial charge in [0.15, 0.2) is 0 Å². The molecule has 0 aliphatic carbocycles. The number of ether oxygens (including phenoxy) is 2. The van der Waals surface area contributed by atoms with Crippen LogP contribution >= 0.6 is 0 Å². The Balaban J connectivity index is 1.78. The minimum Gasteiger partial charge on any atom is -0.497 e. The zero-order valence-corrected chi connectivity index (χ0v) is 16.9. The van der Waals surface area contributed by atoms with Crippen LogP contribution in [0.2, 0.25) is 0 Å². The molecule has 1 amide bonds. The molecule has 5 heteroatoms. The Morgan fingerprint density at radius 2 is 1.41 bits per heavy atom. The first-order chi connectivity index (χ1) is 14.1.